The Morgan fingerprint density at radius 2 is 0.583 bits per heavy atom. The van der Waals surface area contributed by atoms with E-state index in [4.69, 9.17) is 17.7 Å². The molecule has 0 N–H and O–H groups in total. The van der Waals surface area contributed by atoms with Crippen molar-refractivity contribution in [2.75, 3.05) is 9.80 Å². The minimum atomic E-state index is 0.816. The quantitative estimate of drug-likeness (QED) is 0.151. The number of furan rings is 4. The molecule has 392 valence electrons. The monoisotopic (exact) mass is 1070 g/mol. The number of hydrogen-bond acceptors (Lipinski definition) is 6. The van der Waals surface area contributed by atoms with Gasteiger partial charge in [0.05, 0.1) is 0 Å². The molecule has 4 aromatic heterocycles. The van der Waals surface area contributed by atoms with Crippen LogP contribution < -0.4 is 9.80 Å². The average molecular weight is 1080 g/mol. The molecule has 0 amide bonds. The van der Waals surface area contributed by atoms with Crippen molar-refractivity contribution in [2.45, 2.75) is 0 Å². The molecule has 0 atom stereocenters. The summed E-state index contributed by atoms with van der Waals surface area (Å²) in [6, 6.07) is 98.9. The van der Waals surface area contributed by atoms with E-state index < -0.39 is 0 Å². The molecule has 6 nitrogen and oxygen atoms in total. The maximum atomic E-state index is 6.81. The summed E-state index contributed by atoms with van der Waals surface area (Å²) in [5.41, 5.74) is 17.3. The first-order valence-electron chi connectivity index (χ1n) is 28.4. The Bertz CT molecular complexity index is 5320. The second-order valence-corrected chi connectivity index (χ2v) is 21.9. The Balaban J connectivity index is 0.676. The number of nitrogens with zero attached hydrogens (tertiary/aromatic N) is 2. The van der Waals surface area contributed by atoms with Crippen molar-refractivity contribution in [3.8, 4) is 22.3 Å². The van der Waals surface area contributed by atoms with Gasteiger partial charge in [-0.1, -0.05) is 158 Å². The van der Waals surface area contributed by atoms with Crippen LogP contribution in [0, 0.1) is 0 Å². The highest BCUT2D eigenvalue weighted by molar-refractivity contribution is 6.22. The summed E-state index contributed by atoms with van der Waals surface area (Å²) >= 11 is 0. The number of anilines is 6. The SMILES string of the molecule is c1ccc(N(c2ccc(-c3cccc4c3oc3ccc5ccccc5c34)cc2)c2ccc3c(c2)oc2cc4cc5c(cc4cc23)oc2cc(N(c3ccccc3)c3ccc(-c4cccc6c4oc4ccc7ccccc7c46)cc3)ccc25)cc1. The van der Waals surface area contributed by atoms with Crippen molar-refractivity contribution < 1.29 is 17.7 Å². The van der Waals surface area contributed by atoms with Gasteiger partial charge in [-0.2, -0.15) is 0 Å². The van der Waals surface area contributed by atoms with Crippen molar-refractivity contribution in [1.82, 2.24) is 0 Å². The molecular weight excluding hydrogens is 1030 g/mol. The fourth-order valence-electron chi connectivity index (χ4n) is 13.3. The van der Waals surface area contributed by atoms with Gasteiger partial charge in [-0.3, -0.25) is 0 Å². The van der Waals surface area contributed by atoms with Gasteiger partial charge in [0, 0.05) is 100 Å². The summed E-state index contributed by atoms with van der Waals surface area (Å²) in [6.45, 7) is 0. The Labute approximate surface area is 480 Å². The lowest BCUT2D eigenvalue weighted by Crippen LogP contribution is -2.09. The van der Waals surface area contributed by atoms with Crippen LogP contribution in [0.2, 0.25) is 0 Å². The Hall–Kier alpha value is -11.3. The third-order valence-corrected chi connectivity index (χ3v) is 17.2. The largest absolute Gasteiger partial charge is 0.456 e. The number of fused-ring (bicyclic) bond motifs is 17. The highest BCUT2D eigenvalue weighted by Crippen LogP contribution is 2.46. The summed E-state index contributed by atoms with van der Waals surface area (Å²) in [5.74, 6) is 0. The minimum absolute atomic E-state index is 0.816. The number of para-hydroxylation sites is 4. The van der Waals surface area contributed by atoms with Crippen molar-refractivity contribution in [3.05, 3.63) is 279 Å². The van der Waals surface area contributed by atoms with Gasteiger partial charge in [-0.05, 0) is 153 Å². The molecule has 0 fully saturated rings. The van der Waals surface area contributed by atoms with Crippen molar-refractivity contribution in [2.24, 2.45) is 0 Å². The van der Waals surface area contributed by atoms with Gasteiger partial charge in [0.2, 0.25) is 0 Å². The fourth-order valence-corrected chi connectivity index (χ4v) is 13.3. The van der Waals surface area contributed by atoms with E-state index in [1.54, 1.807) is 0 Å². The molecule has 0 aliphatic carbocycles. The minimum Gasteiger partial charge on any atom is -0.456 e. The van der Waals surface area contributed by atoms with Crippen LogP contribution in [0.5, 0.6) is 0 Å². The standard InChI is InChI=1S/C78H46N2O4/c1-3-15-53(16-4-1)79(55-31-25-49(26-32-55)61-21-11-23-65-75-59-19-9-7-13-47(59)29-39-69(75)83-77(61)65)57-35-37-63-67-41-51-44-72-68(42-52(51)43-71(67)81-73(63)45-57)64-38-36-58(46-74(64)82-72)80(54-17-5-2-6-18-54)56-33-27-50(28-34-56)62-22-12-24-66-76-60-20-10-8-14-48(60)30-40-70(76)84-78(62)66/h1-46H. The molecule has 0 saturated heterocycles. The van der Waals surface area contributed by atoms with Gasteiger partial charge in [-0.15, -0.1) is 0 Å². The summed E-state index contributed by atoms with van der Waals surface area (Å²) < 4.78 is 26.9. The van der Waals surface area contributed by atoms with E-state index in [1.165, 1.54) is 21.5 Å². The van der Waals surface area contributed by atoms with Crippen LogP contribution in [0.25, 0.3) is 142 Å². The molecule has 6 heteroatoms. The highest BCUT2D eigenvalue weighted by atomic mass is 16.3. The first-order valence-corrected chi connectivity index (χ1v) is 28.4. The lowest BCUT2D eigenvalue weighted by molar-refractivity contribution is 0.668. The molecule has 18 aromatic rings. The molecule has 4 heterocycles. The first kappa shape index (κ1) is 46.4. The normalized spacial score (nSPS) is 12.0. The van der Waals surface area contributed by atoms with Crippen LogP contribution in [0.3, 0.4) is 0 Å². The molecule has 0 spiro atoms. The van der Waals surface area contributed by atoms with E-state index >= 15 is 0 Å². The Morgan fingerprint density at radius 1 is 0.202 bits per heavy atom. The maximum absolute atomic E-state index is 6.81. The molecule has 0 aliphatic heterocycles. The van der Waals surface area contributed by atoms with Crippen LogP contribution in [-0.2, 0) is 0 Å². The molecule has 14 aromatic carbocycles. The first-order chi connectivity index (χ1) is 41.6. The van der Waals surface area contributed by atoms with E-state index in [1.807, 2.05) is 0 Å². The zero-order valence-electron chi connectivity index (χ0n) is 45.1. The van der Waals surface area contributed by atoms with Gasteiger partial charge in [0.1, 0.15) is 44.7 Å². The van der Waals surface area contributed by atoms with Crippen LogP contribution >= 0.6 is 0 Å². The molecule has 0 aliphatic rings. The van der Waals surface area contributed by atoms with Crippen LogP contribution in [-0.4, -0.2) is 0 Å². The molecule has 0 radical (unpaired) electrons. The molecule has 18 rings (SSSR count). The molecule has 0 saturated carbocycles. The zero-order valence-corrected chi connectivity index (χ0v) is 45.1. The van der Waals surface area contributed by atoms with Crippen molar-refractivity contribution in [1.29, 1.82) is 0 Å². The van der Waals surface area contributed by atoms with Gasteiger partial charge in [0.25, 0.3) is 0 Å². The topological polar surface area (TPSA) is 59.0 Å². The molecule has 0 unspecified atom stereocenters. The Kier molecular flexibility index (Phi) is 9.99. The summed E-state index contributed by atoms with van der Waals surface area (Å²) in [5, 5.41) is 15.7. The molecule has 84 heavy (non-hydrogen) atoms. The smallest absolute Gasteiger partial charge is 0.143 e. The lowest BCUT2D eigenvalue weighted by Gasteiger charge is -2.25. The van der Waals surface area contributed by atoms with Crippen LogP contribution in [0.4, 0.5) is 34.1 Å². The molecule has 0 bridgehead atoms. The number of hydrogen-bond donors (Lipinski definition) is 0. The van der Waals surface area contributed by atoms with Gasteiger partial charge >= 0.3 is 0 Å². The lowest BCUT2D eigenvalue weighted by atomic mass is 9.99. The second-order valence-electron chi connectivity index (χ2n) is 21.9. The van der Waals surface area contributed by atoms with Gasteiger partial charge in [-0.25, -0.2) is 0 Å². The predicted octanol–water partition coefficient (Wildman–Crippen LogP) is 23.0. The van der Waals surface area contributed by atoms with Crippen molar-refractivity contribution >= 4 is 154 Å². The van der Waals surface area contributed by atoms with Crippen molar-refractivity contribution in [3.63, 3.8) is 0 Å². The Morgan fingerprint density at radius 3 is 1.04 bits per heavy atom. The second kappa shape index (κ2) is 18.1. The third-order valence-electron chi connectivity index (χ3n) is 17.2. The van der Waals surface area contributed by atoms with E-state index in [-0.39, 0.29) is 0 Å². The van der Waals surface area contributed by atoms with E-state index in [0.717, 1.165) is 155 Å². The maximum Gasteiger partial charge on any atom is 0.143 e. The van der Waals surface area contributed by atoms with Crippen LogP contribution in [0.1, 0.15) is 0 Å². The van der Waals surface area contributed by atoms with E-state index in [2.05, 4.69) is 289 Å². The van der Waals surface area contributed by atoms with Crippen LogP contribution in [0.15, 0.2) is 297 Å². The van der Waals surface area contributed by atoms with Gasteiger partial charge in [0.15, 0.2) is 0 Å². The van der Waals surface area contributed by atoms with E-state index in [9.17, 15) is 0 Å². The fraction of sp³-hybridized carbons (Fsp3) is 0. The average Bonchev–Trinajstić information content (AvgIpc) is 3.51. The zero-order chi connectivity index (χ0) is 55.0. The summed E-state index contributed by atoms with van der Waals surface area (Å²) in [7, 11) is 0. The third kappa shape index (κ3) is 7.17. The van der Waals surface area contributed by atoms with E-state index in [0.29, 0.717) is 0 Å². The molecular formula is C78H46N2O4. The summed E-state index contributed by atoms with van der Waals surface area (Å²) in [4.78, 5) is 4.57. The number of benzene rings is 14. The summed E-state index contributed by atoms with van der Waals surface area (Å²) in [6.07, 6.45) is 0. The number of rotatable bonds is 8. The highest BCUT2D eigenvalue weighted by Gasteiger charge is 2.22. The predicted molar refractivity (Wildman–Crippen MR) is 348 cm³/mol. The van der Waals surface area contributed by atoms with Gasteiger partial charge < -0.3 is 27.5 Å².